The number of hydrogen-bond donors (Lipinski definition) is 1. The van der Waals surface area contributed by atoms with Crippen molar-refractivity contribution in [1.29, 1.82) is 10.5 Å². The molecule has 0 bridgehead atoms. The molecule has 0 heterocycles. The molecule has 0 saturated heterocycles. The maximum atomic E-state index is 13.6. The van der Waals surface area contributed by atoms with Crippen molar-refractivity contribution in [2.24, 2.45) is 0 Å². The van der Waals surface area contributed by atoms with Gasteiger partial charge >= 0.3 is 5.97 Å². The third kappa shape index (κ3) is 2.70. The average Bonchev–Trinajstić information content (AvgIpc) is 2.28. The quantitative estimate of drug-likeness (QED) is 0.793. The number of anilines is 1. The molecule has 0 saturated carbocycles. The number of para-hydroxylation sites is 1. The first-order chi connectivity index (χ1) is 8.11. The Morgan fingerprint density at radius 2 is 1.94 bits per heavy atom. The van der Waals surface area contributed by atoms with Crippen LogP contribution in [0.4, 0.5) is 10.1 Å². The lowest BCUT2D eigenvalue weighted by atomic mass is 10.1. The van der Waals surface area contributed by atoms with E-state index in [0.717, 1.165) is 11.0 Å². The molecular formula is C11H8FN3O2. The summed E-state index contributed by atoms with van der Waals surface area (Å²) in [6.45, 7) is -0.510. The molecule has 0 amide bonds. The van der Waals surface area contributed by atoms with Gasteiger partial charge in [-0.2, -0.15) is 10.5 Å². The molecule has 0 aliphatic rings. The number of rotatable bonds is 4. The Labute approximate surface area is 96.9 Å². The summed E-state index contributed by atoms with van der Waals surface area (Å²) < 4.78 is 13.6. The Balaban J connectivity index is 3.31. The number of halogens is 1. The second-order valence-corrected chi connectivity index (χ2v) is 3.11. The topological polar surface area (TPSA) is 88.1 Å². The summed E-state index contributed by atoms with van der Waals surface area (Å²) in [5, 5.41) is 26.1. The standard InChI is InChI=1S/C11H8FN3O2/c12-9-3-1-2-8(11(16)17)10(9)15(6-4-13)7-5-14/h1-3H,6-7H2,(H,16,17). The van der Waals surface area contributed by atoms with Crippen molar-refractivity contribution in [3.05, 3.63) is 29.6 Å². The molecule has 86 valence electrons. The van der Waals surface area contributed by atoms with Crippen LogP contribution in [0, 0.1) is 28.5 Å². The summed E-state index contributed by atoms with van der Waals surface area (Å²) >= 11 is 0. The fraction of sp³-hybridized carbons (Fsp3) is 0.182. The Morgan fingerprint density at radius 1 is 1.35 bits per heavy atom. The zero-order valence-corrected chi connectivity index (χ0v) is 8.72. The van der Waals surface area contributed by atoms with Gasteiger partial charge in [0.1, 0.15) is 18.9 Å². The van der Waals surface area contributed by atoms with E-state index in [4.69, 9.17) is 15.6 Å². The number of carbonyl (C=O) groups is 1. The molecule has 1 aromatic rings. The zero-order valence-electron chi connectivity index (χ0n) is 8.72. The van der Waals surface area contributed by atoms with E-state index in [0.29, 0.717) is 0 Å². The molecule has 6 heteroatoms. The number of nitrogens with zero attached hydrogens (tertiary/aromatic N) is 3. The lowest BCUT2D eigenvalue weighted by molar-refractivity contribution is 0.0697. The van der Waals surface area contributed by atoms with Crippen LogP contribution in [0.5, 0.6) is 0 Å². The Hall–Kier alpha value is -2.60. The van der Waals surface area contributed by atoms with Crippen LogP contribution in [-0.2, 0) is 0 Å². The highest BCUT2D eigenvalue weighted by Crippen LogP contribution is 2.24. The van der Waals surface area contributed by atoms with Crippen LogP contribution in [0.15, 0.2) is 18.2 Å². The largest absolute Gasteiger partial charge is 0.478 e. The van der Waals surface area contributed by atoms with Gasteiger partial charge in [0.15, 0.2) is 0 Å². The molecule has 0 aromatic heterocycles. The molecular weight excluding hydrogens is 225 g/mol. The van der Waals surface area contributed by atoms with Crippen molar-refractivity contribution in [3.63, 3.8) is 0 Å². The number of hydrogen-bond acceptors (Lipinski definition) is 4. The average molecular weight is 233 g/mol. The van der Waals surface area contributed by atoms with Gasteiger partial charge in [-0.3, -0.25) is 0 Å². The summed E-state index contributed by atoms with van der Waals surface area (Å²) in [7, 11) is 0. The van der Waals surface area contributed by atoms with Gasteiger partial charge in [0.05, 0.1) is 23.4 Å². The first-order valence-corrected chi connectivity index (χ1v) is 4.62. The molecule has 1 rings (SSSR count). The number of carboxylic acid groups (broad SMARTS) is 1. The van der Waals surface area contributed by atoms with Crippen LogP contribution in [0.2, 0.25) is 0 Å². The molecule has 5 nitrogen and oxygen atoms in total. The van der Waals surface area contributed by atoms with Gasteiger partial charge < -0.3 is 10.0 Å². The molecule has 0 atom stereocenters. The smallest absolute Gasteiger partial charge is 0.337 e. The Bertz CT molecular complexity index is 500. The van der Waals surface area contributed by atoms with Crippen molar-refractivity contribution in [2.45, 2.75) is 0 Å². The van der Waals surface area contributed by atoms with Gasteiger partial charge in [-0.05, 0) is 12.1 Å². The van der Waals surface area contributed by atoms with E-state index in [9.17, 15) is 9.18 Å². The van der Waals surface area contributed by atoms with E-state index in [-0.39, 0.29) is 24.3 Å². The van der Waals surface area contributed by atoms with Crippen molar-refractivity contribution in [1.82, 2.24) is 0 Å². The molecule has 0 unspecified atom stereocenters. The molecule has 0 radical (unpaired) electrons. The highest BCUT2D eigenvalue weighted by molar-refractivity contribution is 5.94. The van der Waals surface area contributed by atoms with Crippen LogP contribution >= 0.6 is 0 Å². The molecule has 0 aliphatic heterocycles. The zero-order chi connectivity index (χ0) is 12.8. The fourth-order valence-electron chi connectivity index (χ4n) is 1.39. The minimum absolute atomic E-state index is 0.233. The van der Waals surface area contributed by atoms with Gasteiger partial charge in [-0.25, -0.2) is 9.18 Å². The molecule has 0 aliphatic carbocycles. The highest BCUT2D eigenvalue weighted by Gasteiger charge is 2.19. The second-order valence-electron chi connectivity index (χ2n) is 3.11. The molecule has 17 heavy (non-hydrogen) atoms. The highest BCUT2D eigenvalue weighted by atomic mass is 19.1. The van der Waals surface area contributed by atoms with Crippen LogP contribution in [0.1, 0.15) is 10.4 Å². The summed E-state index contributed by atoms with van der Waals surface area (Å²) in [6.07, 6.45) is 0. The maximum Gasteiger partial charge on any atom is 0.337 e. The molecule has 0 spiro atoms. The predicted molar refractivity (Wildman–Crippen MR) is 56.8 cm³/mol. The van der Waals surface area contributed by atoms with E-state index >= 15 is 0 Å². The fourth-order valence-corrected chi connectivity index (χ4v) is 1.39. The van der Waals surface area contributed by atoms with Gasteiger partial charge in [-0.1, -0.05) is 6.07 Å². The number of carboxylic acids is 1. The first-order valence-electron chi connectivity index (χ1n) is 4.62. The lowest BCUT2D eigenvalue weighted by Gasteiger charge is -2.20. The van der Waals surface area contributed by atoms with E-state index in [2.05, 4.69) is 0 Å². The number of aromatic carboxylic acids is 1. The minimum Gasteiger partial charge on any atom is -0.478 e. The monoisotopic (exact) mass is 233 g/mol. The summed E-state index contributed by atoms with van der Waals surface area (Å²) in [5.41, 5.74) is -0.501. The SMILES string of the molecule is N#CCN(CC#N)c1c(F)cccc1C(=O)O. The van der Waals surface area contributed by atoms with E-state index in [1.807, 2.05) is 0 Å². The van der Waals surface area contributed by atoms with Crippen LogP contribution in [0.3, 0.4) is 0 Å². The van der Waals surface area contributed by atoms with Crippen molar-refractivity contribution < 1.29 is 14.3 Å². The van der Waals surface area contributed by atoms with Gasteiger partial charge in [0.25, 0.3) is 0 Å². The van der Waals surface area contributed by atoms with Crippen molar-refractivity contribution >= 4 is 11.7 Å². The Morgan fingerprint density at radius 3 is 2.41 bits per heavy atom. The van der Waals surface area contributed by atoms with Crippen LogP contribution in [-0.4, -0.2) is 24.2 Å². The maximum absolute atomic E-state index is 13.6. The second kappa shape index (κ2) is 5.47. The number of nitriles is 2. The predicted octanol–water partition coefficient (Wildman–Crippen LogP) is 1.38. The van der Waals surface area contributed by atoms with Crippen LogP contribution in [0.25, 0.3) is 0 Å². The lowest BCUT2D eigenvalue weighted by Crippen LogP contribution is -2.27. The van der Waals surface area contributed by atoms with E-state index < -0.39 is 11.8 Å². The van der Waals surface area contributed by atoms with E-state index in [1.165, 1.54) is 12.1 Å². The number of benzene rings is 1. The minimum atomic E-state index is -1.31. The summed E-state index contributed by atoms with van der Waals surface area (Å²) in [4.78, 5) is 12.0. The summed E-state index contributed by atoms with van der Waals surface area (Å²) in [6, 6.07) is 7.09. The third-order valence-electron chi connectivity index (χ3n) is 2.06. The van der Waals surface area contributed by atoms with Crippen molar-refractivity contribution in [3.8, 4) is 12.1 Å². The van der Waals surface area contributed by atoms with Gasteiger partial charge in [-0.15, -0.1) is 0 Å². The normalized spacial score (nSPS) is 9.12. The molecule has 0 fully saturated rings. The van der Waals surface area contributed by atoms with E-state index in [1.54, 1.807) is 12.1 Å². The Kier molecular flexibility index (Phi) is 4.02. The van der Waals surface area contributed by atoms with Crippen molar-refractivity contribution in [2.75, 3.05) is 18.0 Å². The first kappa shape index (κ1) is 12.5. The molecule has 1 N–H and O–H groups in total. The van der Waals surface area contributed by atoms with Gasteiger partial charge in [0.2, 0.25) is 0 Å². The molecule has 1 aromatic carbocycles. The van der Waals surface area contributed by atoms with Gasteiger partial charge in [0, 0.05) is 0 Å². The van der Waals surface area contributed by atoms with Crippen LogP contribution < -0.4 is 4.90 Å². The summed E-state index contributed by atoms with van der Waals surface area (Å²) in [5.74, 6) is -2.07. The third-order valence-corrected chi connectivity index (χ3v) is 2.06.